The van der Waals surface area contributed by atoms with Gasteiger partial charge in [-0.3, -0.25) is 4.79 Å². The molecule has 1 fully saturated rings. The van der Waals surface area contributed by atoms with Crippen LogP contribution in [0.2, 0.25) is 0 Å². The van der Waals surface area contributed by atoms with E-state index < -0.39 is 0 Å². The molecule has 4 aromatic rings. The van der Waals surface area contributed by atoms with E-state index in [9.17, 15) is 4.79 Å². The van der Waals surface area contributed by atoms with Crippen molar-refractivity contribution in [3.63, 3.8) is 0 Å². The van der Waals surface area contributed by atoms with Crippen molar-refractivity contribution in [2.45, 2.75) is 47.0 Å². The number of fused-ring (bicyclic) bond motifs is 1. The molecule has 0 saturated carbocycles. The molecule has 0 spiro atoms. The quantitative estimate of drug-likeness (QED) is 0.371. The summed E-state index contributed by atoms with van der Waals surface area (Å²) >= 11 is 0. The lowest BCUT2D eigenvalue weighted by molar-refractivity contribution is -0.131. The molecular weight excluding hydrogens is 460 g/mol. The zero-order valence-electron chi connectivity index (χ0n) is 22.3. The van der Waals surface area contributed by atoms with Gasteiger partial charge < -0.3 is 9.80 Å². The number of amides is 1. The Morgan fingerprint density at radius 1 is 0.919 bits per heavy atom. The van der Waals surface area contributed by atoms with E-state index in [1.165, 1.54) is 11.1 Å². The number of hydrogen-bond acceptors (Lipinski definition) is 5. The van der Waals surface area contributed by atoms with Crippen molar-refractivity contribution in [3.05, 3.63) is 77.2 Å². The number of benzene rings is 2. The largest absolute Gasteiger partial charge is 0.354 e. The number of carbonyl (C=O) groups is 1. The molecule has 2 aromatic carbocycles. The van der Waals surface area contributed by atoms with Crippen LogP contribution in [0.5, 0.6) is 0 Å². The lowest BCUT2D eigenvalue weighted by Gasteiger charge is -2.24. The first-order valence-electron chi connectivity index (χ1n) is 13.3. The summed E-state index contributed by atoms with van der Waals surface area (Å²) in [5, 5.41) is 5.88. The van der Waals surface area contributed by atoms with Crippen LogP contribution in [-0.4, -0.2) is 56.7 Å². The average Bonchev–Trinajstić information content (AvgIpc) is 3.04. The smallest absolute Gasteiger partial charge is 0.222 e. The summed E-state index contributed by atoms with van der Waals surface area (Å²) in [5.74, 6) is 2.31. The van der Waals surface area contributed by atoms with Gasteiger partial charge in [-0.15, -0.1) is 0 Å². The Kier molecular flexibility index (Phi) is 7.22. The maximum absolute atomic E-state index is 12.8. The molecule has 1 aliphatic heterocycles. The average molecular weight is 497 g/mol. The van der Waals surface area contributed by atoms with Gasteiger partial charge in [0.15, 0.2) is 5.65 Å². The Hall–Kier alpha value is -3.74. The molecule has 3 heterocycles. The molecule has 0 aliphatic carbocycles. The third kappa shape index (κ3) is 5.50. The Bertz CT molecular complexity index is 1380. The first-order valence-corrected chi connectivity index (χ1v) is 13.3. The van der Waals surface area contributed by atoms with Crippen LogP contribution in [-0.2, 0) is 11.2 Å². The van der Waals surface area contributed by atoms with Crippen LogP contribution in [0.4, 0.5) is 5.82 Å². The molecule has 0 N–H and O–H groups in total. The molecule has 7 nitrogen and oxygen atoms in total. The molecule has 0 unspecified atom stereocenters. The minimum atomic E-state index is 0.248. The molecule has 5 rings (SSSR count). The van der Waals surface area contributed by atoms with Gasteiger partial charge in [-0.25, -0.2) is 14.6 Å². The maximum Gasteiger partial charge on any atom is 0.222 e. The normalized spacial score (nSPS) is 14.4. The Morgan fingerprint density at radius 3 is 2.41 bits per heavy atom. The maximum atomic E-state index is 12.8. The summed E-state index contributed by atoms with van der Waals surface area (Å²) in [7, 11) is 0. The van der Waals surface area contributed by atoms with Crippen molar-refractivity contribution in [2.24, 2.45) is 5.92 Å². The van der Waals surface area contributed by atoms with E-state index in [0.717, 1.165) is 60.1 Å². The fraction of sp³-hybridized carbons (Fsp3) is 0.400. The third-order valence-corrected chi connectivity index (χ3v) is 6.94. The van der Waals surface area contributed by atoms with E-state index in [-0.39, 0.29) is 5.91 Å². The van der Waals surface area contributed by atoms with Crippen molar-refractivity contribution < 1.29 is 4.79 Å². The molecular formula is C30H36N6O. The molecule has 0 bridgehead atoms. The molecule has 0 atom stereocenters. The summed E-state index contributed by atoms with van der Waals surface area (Å²) in [6.07, 6.45) is 2.16. The zero-order chi connectivity index (χ0) is 25.9. The summed E-state index contributed by atoms with van der Waals surface area (Å²) in [5.41, 5.74) is 5.13. The zero-order valence-corrected chi connectivity index (χ0v) is 22.3. The van der Waals surface area contributed by atoms with Crippen LogP contribution in [0.3, 0.4) is 0 Å². The second kappa shape index (κ2) is 10.7. The number of para-hydroxylation sites is 1. The number of nitrogens with zero attached hydrogens (tertiary/aromatic N) is 6. The second-order valence-electron chi connectivity index (χ2n) is 10.5. The Morgan fingerprint density at radius 2 is 1.68 bits per heavy atom. The Labute approximate surface area is 219 Å². The van der Waals surface area contributed by atoms with E-state index in [1.807, 2.05) is 34.7 Å². The number of anilines is 1. The van der Waals surface area contributed by atoms with E-state index in [2.05, 4.69) is 62.1 Å². The lowest BCUT2D eigenvalue weighted by atomic mass is 10.1. The van der Waals surface area contributed by atoms with Gasteiger partial charge in [-0.1, -0.05) is 61.9 Å². The van der Waals surface area contributed by atoms with Crippen molar-refractivity contribution in [1.82, 2.24) is 24.6 Å². The van der Waals surface area contributed by atoms with E-state index in [1.54, 1.807) is 0 Å². The number of aromatic nitrogens is 4. The van der Waals surface area contributed by atoms with Gasteiger partial charge in [0.1, 0.15) is 11.6 Å². The molecule has 1 saturated heterocycles. The molecule has 192 valence electrons. The van der Waals surface area contributed by atoms with Gasteiger partial charge in [0.05, 0.1) is 16.8 Å². The highest BCUT2D eigenvalue weighted by atomic mass is 16.2. The van der Waals surface area contributed by atoms with Gasteiger partial charge in [0.25, 0.3) is 0 Å². The van der Waals surface area contributed by atoms with Gasteiger partial charge in [-0.05, 0) is 43.9 Å². The Balaban J connectivity index is 1.55. The van der Waals surface area contributed by atoms with Crippen molar-refractivity contribution in [3.8, 4) is 5.69 Å². The van der Waals surface area contributed by atoms with Gasteiger partial charge in [0.2, 0.25) is 5.91 Å². The van der Waals surface area contributed by atoms with Gasteiger partial charge >= 0.3 is 0 Å². The SMILES string of the molecule is Cc1ccc(Cc2nc(N3CCCN(C(=O)CC(C)C)CC3)c3c(C)nn(-c4ccccc4)c3n2)cc1. The number of rotatable bonds is 6. The first-order chi connectivity index (χ1) is 17.9. The van der Waals surface area contributed by atoms with Crippen molar-refractivity contribution >= 4 is 22.8 Å². The van der Waals surface area contributed by atoms with Crippen molar-refractivity contribution in [2.75, 3.05) is 31.1 Å². The van der Waals surface area contributed by atoms with Crippen LogP contribution in [0, 0.1) is 19.8 Å². The standard InChI is InChI=1S/C30H36N6O/c1-21(2)19-27(37)34-15-8-16-35(18-17-34)29-28-23(4)33-36(25-9-6-5-7-10-25)30(28)32-26(31-29)20-24-13-11-22(3)12-14-24/h5-7,9-14,21H,8,15-20H2,1-4H3. The molecule has 37 heavy (non-hydrogen) atoms. The molecule has 0 radical (unpaired) electrons. The van der Waals surface area contributed by atoms with Crippen LogP contribution in [0.25, 0.3) is 16.7 Å². The van der Waals surface area contributed by atoms with Crippen LogP contribution < -0.4 is 4.90 Å². The van der Waals surface area contributed by atoms with E-state index in [4.69, 9.17) is 15.1 Å². The highest BCUT2D eigenvalue weighted by molar-refractivity contribution is 5.91. The summed E-state index contributed by atoms with van der Waals surface area (Å²) < 4.78 is 1.94. The number of carbonyl (C=O) groups excluding carboxylic acids is 1. The van der Waals surface area contributed by atoms with Gasteiger partial charge in [-0.2, -0.15) is 5.10 Å². The highest BCUT2D eigenvalue weighted by Gasteiger charge is 2.25. The number of hydrogen-bond donors (Lipinski definition) is 0. The van der Waals surface area contributed by atoms with Crippen molar-refractivity contribution in [1.29, 1.82) is 0 Å². The minimum Gasteiger partial charge on any atom is -0.354 e. The molecule has 2 aromatic heterocycles. The van der Waals surface area contributed by atoms with Crippen LogP contribution in [0.15, 0.2) is 54.6 Å². The van der Waals surface area contributed by atoms with E-state index in [0.29, 0.717) is 25.3 Å². The van der Waals surface area contributed by atoms with Crippen LogP contribution >= 0.6 is 0 Å². The minimum absolute atomic E-state index is 0.248. The second-order valence-corrected chi connectivity index (χ2v) is 10.5. The molecule has 1 aliphatic rings. The fourth-order valence-corrected chi connectivity index (χ4v) is 5.01. The lowest BCUT2D eigenvalue weighted by Crippen LogP contribution is -2.36. The van der Waals surface area contributed by atoms with E-state index >= 15 is 0 Å². The third-order valence-electron chi connectivity index (χ3n) is 6.94. The molecule has 7 heteroatoms. The molecule has 1 amide bonds. The predicted molar refractivity (Wildman–Crippen MR) is 148 cm³/mol. The summed E-state index contributed by atoms with van der Waals surface area (Å²) in [6, 6.07) is 18.7. The predicted octanol–water partition coefficient (Wildman–Crippen LogP) is 5.11. The first kappa shape index (κ1) is 24.9. The number of aryl methyl sites for hydroxylation is 2. The topological polar surface area (TPSA) is 67.2 Å². The van der Waals surface area contributed by atoms with Crippen LogP contribution in [0.1, 0.15) is 49.3 Å². The summed E-state index contributed by atoms with van der Waals surface area (Å²) in [6.45, 7) is 11.4. The summed E-state index contributed by atoms with van der Waals surface area (Å²) in [4.78, 5) is 27.3. The monoisotopic (exact) mass is 496 g/mol. The fourth-order valence-electron chi connectivity index (χ4n) is 5.01. The highest BCUT2D eigenvalue weighted by Crippen LogP contribution is 2.30. The van der Waals surface area contributed by atoms with Gasteiger partial charge in [0, 0.05) is 39.0 Å².